The number of rotatable bonds is 1. The SMILES string of the molecule is CC1(C)CCCN1c1ccc(F)[c-]c1F.[Ti]. The fraction of sp³-hybridized carbons (Fsp3) is 0.500. The minimum atomic E-state index is -0.645. The topological polar surface area (TPSA) is 3.24 Å². The Bertz CT molecular complexity index is 379. The Morgan fingerprint density at radius 1 is 1.31 bits per heavy atom. The van der Waals surface area contributed by atoms with Crippen LogP contribution in [-0.4, -0.2) is 12.1 Å². The number of hydrogen-bond donors (Lipinski definition) is 0. The fourth-order valence-electron chi connectivity index (χ4n) is 2.20. The van der Waals surface area contributed by atoms with Crippen molar-refractivity contribution in [3.05, 3.63) is 29.8 Å². The molecule has 0 atom stereocenters. The first kappa shape index (κ1) is 13.7. The average molecular weight is 258 g/mol. The van der Waals surface area contributed by atoms with Crippen LogP contribution in [0.5, 0.6) is 0 Å². The molecule has 0 unspecified atom stereocenters. The zero-order valence-corrected chi connectivity index (χ0v) is 11.0. The van der Waals surface area contributed by atoms with Crippen molar-refractivity contribution in [1.82, 2.24) is 0 Å². The second kappa shape index (κ2) is 4.84. The Kier molecular flexibility index (Phi) is 4.14. The summed E-state index contributed by atoms with van der Waals surface area (Å²) in [6, 6.07) is 4.83. The van der Waals surface area contributed by atoms with Gasteiger partial charge in [0.1, 0.15) is 0 Å². The molecule has 1 fully saturated rings. The molecule has 1 aliphatic rings. The molecule has 0 aromatic heterocycles. The maximum absolute atomic E-state index is 13.5. The molecule has 1 aromatic carbocycles. The van der Waals surface area contributed by atoms with E-state index in [0.717, 1.165) is 19.4 Å². The van der Waals surface area contributed by atoms with Crippen molar-refractivity contribution in [2.45, 2.75) is 32.2 Å². The van der Waals surface area contributed by atoms with Crippen LogP contribution >= 0.6 is 0 Å². The molecular weight excluding hydrogens is 244 g/mol. The van der Waals surface area contributed by atoms with E-state index in [1.165, 1.54) is 12.1 Å². The molecule has 16 heavy (non-hydrogen) atoms. The Morgan fingerprint density at radius 2 is 2.00 bits per heavy atom. The van der Waals surface area contributed by atoms with Gasteiger partial charge in [-0.1, -0.05) is 0 Å². The third-order valence-corrected chi connectivity index (χ3v) is 3.03. The number of halogens is 2. The van der Waals surface area contributed by atoms with Gasteiger partial charge in [0.15, 0.2) is 0 Å². The van der Waals surface area contributed by atoms with Crippen LogP contribution < -0.4 is 4.90 Å². The first-order chi connectivity index (χ1) is 7.00. The molecule has 0 spiro atoms. The summed E-state index contributed by atoms with van der Waals surface area (Å²) in [5.41, 5.74) is 0.408. The maximum atomic E-state index is 13.5. The summed E-state index contributed by atoms with van der Waals surface area (Å²) in [5, 5.41) is 0. The summed E-state index contributed by atoms with van der Waals surface area (Å²) in [4.78, 5) is 1.98. The normalized spacial score (nSPS) is 18.4. The van der Waals surface area contributed by atoms with Gasteiger partial charge >= 0.3 is 0 Å². The van der Waals surface area contributed by atoms with E-state index >= 15 is 0 Å². The molecule has 0 aliphatic carbocycles. The Hall–Kier alpha value is -0.406. The van der Waals surface area contributed by atoms with Crippen LogP contribution in [0.1, 0.15) is 26.7 Å². The molecular formula is C12H14F2NTi-. The van der Waals surface area contributed by atoms with Crippen LogP contribution in [0.2, 0.25) is 0 Å². The second-order valence-corrected chi connectivity index (χ2v) is 4.57. The molecule has 0 radical (unpaired) electrons. The van der Waals surface area contributed by atoms with Crippen molar-refractivity contribution < 1.29 is 30.5 Å². The molecule has 0 amide bonds. The Balaban J connectivity index is 0.00000128. The molecule has 2 rings (SSSR count). The molecule has 0 bridgehead atoms. The second-order valence-electron chi connectivity index (χ2n) is 4.57. The van der Waals surface area contributed by atoms with Gasteiger partial charge in [-0.2, -0.15) is 0 Å². The first-order valence-corrected chi connectivity index (χ1v) is 5.16. The molecule has 4 heteroatoms. The van der Waals surface area contributed by atoms with Crippen molar-refractivity contribution in [1.29, 1.82) is 0 Å². The molecule has 0 N–H and O–H groups in total. The van der Waals surface area contributed by atoms with Crippen molar-refractivity contribution in [3.8, 4) is 0 Å². The van der Waals surface area contributed by atoms with Gasteiger partial charge in [0.2, 0.25) is 0 Å². The van der Waals surface area contributed by atoms with E-state index in [-0.39, 0.29) is 27.3 Å². The first-order valence-electron chi connectivity index (χ1n) is 5.16. The predicted molar refractivity (Wildman–Crippen MR) is 55.9 cm³/mol. The van der Waals surface area contributed by atoms with Gasteiger partial charge < -0.3 is 4.90 Å². The average Bonchev–Trinajstić information content (AvgIpc) is 2.46. The van der Waals surface area contributed by atoms with E-state index in [4.69, 9.17) is 0 Å². The van der Waals surface area contributed by atoms with Gasteiger partial charge in [-0.15, -0.1) is 18.2 Å². The molecule has 1 aliphatic heterocycles. The minimum Gasteiger partial charge on any atom is -0.416 e. The number of anilines is 1. The smallest absolute Gasteiger partial charge is 0.0361 e. The van der Waals surface area contributed by atoms with E-state index in [2.05, 4.69) is 19.9 Å². The Labute approximate surface area is 110 Å². The number of benzene rings is 1. The van der Waals surface area contributed by atoms with Crippen LogP contribution in [-0.2, 0) is 21.7 Å². The van der Waals surface area contributed by atoms with Gasteiger partial charge in [0.25, 0.3) is 0 Å². The van der Waals surface area contributed by atoms with Crippen molar-refractivity contribution in [2.24, 2.45) is 0 Å². The monoisotopic (exact) mass is 258 g/mol. The van der Waals surface area contributed by atoms with Crippen molar-refractivity contribution in [3.63, 3.8) is 0 Å². The van der Waals surface area contributed by atoms with Gasteiger partial charge in [-0.05, 0) is 32.4 Å². The zero-order valence-electron chi connectivity index (χ0n) is 9.48. The molecule has 1 heterocycles. The van der Waals surface area contributed by atoms with E-state index in [1.54, 1.807) is 0 Å². The quantitative estimate of drug-likeness (QED) is 0.552. The molecule has 1 nitrogen and oxygen atoms in total. The van der Waals surface area contributed by atoms with Crippen LogP contribution in [0.3, 0.4) is 0 Å². The van der Waals surface area contributed by atoms with Crippen LogP contribution in [0, 0.1) is 17.7 Å². The Morgan fingerprint density at radius 3 is 2.50 bits per heavy atom. The number of nitrogens with zero attached hydrogens (tertiary/aromatic N) is 1. The minimum absolute atomic E-state index is 0. The zero-order chi connectivity index (χ0) is 11.1. The molecule has 0 saturated carbocycles. The standard InChI is InChI=1S/C12H14F2N.Ti/c1-12(2)6-3-7-15(12)11-5-4-9(13)8-10(11)14;/h4-5H,3,6-7H2,1-2H3;/q-1;. The van der Waals surface area contributed by atoms with E-state index in [9.17, 15) is 8.78 Å². The van der Waals surface area contributed by atoms with E-state index in [1.807, 2.05) is 4.90 Å². The van der Waals surface area contributed by atoms with Gasteiger partial charge in [-0.25, -0.2) is 8.78 Å². The van der Waals surface area contributed by atoms with Crippen LogP contribution in [0.15, 0.2) is 12.1 Å². The van der Waals surface area contributed by atoms with Crippen LogP contribution in [0.4, 0.5) is 14.5 Å². The van der Waals surface area contributed by atoms with Gasteiger partial charge in [0, 0.05) is 45.4 Å². The third-order valence-electron chi connectivity index (χ3n) is 3.03. The number of hydrogen-bond acceptors (Lipinski definition) is 1. The summed E-state index contributed by atoms with van der Waals surface area (Å²) in [6.07, 6.45) is 2.08. The van der Waals surface area contributed by atoms with E-state index in [0.29, 0.717) is 5.69 Å². The van der Waals surface area contributed by atoms with Gasteiger partial charge in [0.05, 0.1) is 0 Å². The summed E-state index contributed by atoms with van der Waals surface area (Å²) >= 11 is 0. The summed E-state index contributed by atoms with van der Waals surface area (Å²) in [5.74, 6) is -1.24. The molecule has 1 saturated heterocycles. The van der Waals surface area contributed by atoms with Crippen molar-refractivity contribution in [2.75, 3.05) is 11.4 Å². The molecule has 86 valence electrons. The largest absolute Gasteiger partial charge is 0.416 e. The molecule has 1 aromatic rings. The summed E-state index contributed by atoms with van der Waals surface area (Å²) in [7, 11) is 0. The maximum Gasteiger partial charge on any atom is 0.0361 e. The van der Waals surface area contributed by atoms with E-state index < -0.39 is 11.6 Å². The fourth-order valence-corrected chi connectivity index (χ4v) is 2.20. The van der Waals surface area contributed by atoms with Gasteiger partial charge in [-0.3, -0.25) is 0 Å². The predicted octanol–water partition coefficient (Wildman–Crippen LogP) is 3.14. The summed E-state index contributed by atoms with van der Waals surface area (Å²) < 4.78 is 26.2. The summed E-state index contributed by atoms with van der Waals surface area (Å²) in [6.45, 7) is 4.97. The van der Waals surface area contributed by atoms with Crippen molar-refractivity contribution >= 4 is 5.69 Å². The van der Waals surface area contributed by atoms with Crippen LogP contribution in [0.25, 0.3) is 0 Å². The third kappa shape index (κ3) is 2.46.